The number of sulfonamides is 1. The van der Waals surface area contributed by atoms with Crippen LogP contribution < -0.4 is 10.0 Å². The lowest BCUT2D eigenvalue weighted by Gasteiger charge is -2.14. The molecular formula is C20H24F2N2O4S. The summed E-state index contributed by atoms with van der Waals surface area (Å²) in [4.78, 5) is 12.1. The van der Waals surface area contributed by atoms with Crippen molar-refractivity contribution in [3.8, 4) is 0 Å². The van der Waals surface area contributed by atoms with Gasteiger partial charge in [0.1, 0.15) is 0 Å². The molecule has 158 valence electrons. The maximum Gasteiger partial charge on any atom is 0.241 e. The molecule has 6 nitrogen and oxygen atoms in total. The molecule has 0 spiro atoms. The Kier molecular flexibility index (Phi) is 7.45. The van der Waals surface area contributed by atoms with Gasteiger partial charge in [-0.2, -0.15) is 0 Å². The highest BCUT2D eigenvalue weighted by molar-refractivity contribution is 7.89. The summed E-state index contributed by atoms with van der Waals surface area (Å²) in [6.45, 7) is 4.96. The van der Waals surface area contributed by atoms with Crippen molar-refractivity contribution in [1.29, 1.82) is 0 Å². The number of hydrogen-bond donors (Lipinski definition) is 3. The van der Waals surface area contributed by atoms with Gasteiger partial charge in [0.05, 0.1) is 11.0 Å². The van der Waals surface area contributed by atoms with Crippen molar-refractivity contribution in [1.82, 2.24) is 10.0 Å². The van der Waals surface area contributed by atoms with Crippen LogP contribution >= 0.6 is 0 Å². The summed E-state index contributed by atoms with van der Waals surface area (Å²) in [5.74, 6) is -2.62. The van der Waals surface area contributed by atoms with Crippen molar-refractivity contribution in [3.63, 3.8) is 0 Å². The summed E-state index contributed by atoms with van der Waals surface area (Å²) in [5.41, 5.74) is 2.32. The number of amides is 1. The number of hydrogen-bond acceptors (Lipinski definition) is 4. The first-order valence-corrected chi connectivity index (χ1v) is 10.5. The molecule has 0 radical (unpaired) electrons. The van der Waals surface area contributed by atoms with E-state index in [4.69, 9.17) is 0 Å². The zero-order chi connectivity index (χ0) is 21.8. The number of halogens is 2. The molecule has 0 fully saturated rings. The average molecular weight is 426 g/mol. The highest BCUT2D eigenvalue weighted by Gasteiger charge is 2.20. The first-order valence-electron chi connectivity index (χ1n) is 8.98. The quantitative estimate of drug-likeness (QED) is 0.604. The van der Waals surface area contributed by atoms with Gasteiger partial charge in [-0.05, 0) is 49.6 Å². The number of carbonyl (C=O) groups is 1. The molecule has 1 atom stereocenters. The van der Waals surface area contributed by atoms with Crippen molar-refractivity contribution in [2.45, 2.75) is 38.2 Å². The van der Waals surface area contributed by atoms with Crippen LogP contribution in [-0.4, -0.2) is 32.5 Å². The Hall–Kier alpha value is -2.36. The van der Waals surface area contributed by atoms with Crippen molar-refractivity contribution < 1.29 is 27.1 Å². The first-order chi connectivity index (χ1) is 13.5. The number of rotatable bonds is 8. The van der Waals surface area contributed by atoms with E-state index in [2.05, 4.69) is 10.0 Å². The van der Waals surface area contributed by atoms with Crippen LogP contribution in [0.3, 0.4) is 0 Å². The van der Waals surface area contributed by atoms with E-state index in [0.29, 0.717) is 11.1 Å². The lowest BCUT2D eigenvalue weighted by Crippen LogP contribution is -2.33. The fourth-order valence-electron chi connectivity index (χ4n) is 3.10. The van der Waals surface area contributed by atoms with Crippen LogP contribution in [0, 0.1) is 32.4 Å². The van der Waals surface area contributed by atoms with Crippen LogP contribution in [0.25, 0.3) is 0 Å². The third kappa shape index (κ3) is 6.06. The molecule has 2 rings (SSSR count). The molecule has 0 bridgehead atoms. The monoisotopic (exact) mass is 426 g/mol. The van der Waals surface area contributed by atoms with Gasteiger partial charge in [-0.3, -0.25) is 4.79 Å². The maximum atomic E-state index is 13.2. The summed E-state index contributed by atoms with van der Waals surface area (Å²) in [6, 6.07) is 6.50. The summed E-state index contributed by atoms with van der Waals surface area (Å²) in [7, 11) is -3.77. The van der Waals surface area contributed by atoms with E-state index in [-0.39, 0.29) is 30.0 Å². The molecule has 2 aromatic rings. The number of nitrogens with one attached hydrogen (secondary N) is 2. The number of aliphatic hydroxyl groups excluding tert-OH is 1. The van der Waals surface area contributed by atoms with Crippen LogP contribution in [0.1, 0.15) is 34.8 Å². The van der Waals surface area contributed by atoms with Crippen molar-refractivity contribution >= 4 is 15.9 Å². The minimum atomic E-state index is -3.77. The molecule has 9 heteroatoms. The Morgan fingerprint density at radius 3 is 2.28 bits per heavy atom. The molecule has 29 heavy (non-hydrogen) atoms. The molecule has 1 amide bonds. The Morgan fingerprint density at radius 1 is 1.07 bits per heavy atom. The molecule has 0 aromatic heterocycles. The second-order valence-corrected chi connectivity index (χ2v) is 8.57. The van der Waals surface area contributed by atoms with E-state index < -0.39 is 33.7 Å². The first kappa shape index (κ1) is 22.9. The van der Waals surface area contributed by atoms with E-state index in [1.54, 1.807) is 26.0 Å². The van der Waals surface area contributed by atoms with Gasteiger partial charge in [-0.25, -0.2) is 21.9 Å². The van der Waals surface area contributed by atoms with Crippen LogP contribution in [-0.2, 0) is 14.8 Å². The third-order valence-corrected chi connectivity index (χ3v) is 6.10. The zero-order valence-electron chi connectivity index (χ0n) is 16.4. The smallest absolute Gasteiger partial charge is 0.241 e. The van der Waals surface area contributed by atoms with Gasteiger partial charge in [-0.15, -0.1) is 0 Å². The SMILES string of the molecule is Cc1cc(C)c(S(=O)(=O)NCCC(=O)NCC(O)c2ccc(F)c(F)c2)c(C)c1. The van der Waals surface area contributed by atoms with E-state index >= 15 is 0 Å². The van der Waals surface area contributed by atoms with Gasteiger partial charge < -0.3 is 10.4 Å². The van der Waals surface area contributed by atoms with Gasteiger partial charge in [-0.1, -0.05) is 23.8 Å². The molecule has 1 unspecified atom stereocenters. The van der Waals surface area contributed by atoms with Crippen molar-refractivity contribution in [2.24, 2.45) is 0 Å². The van der Waals surface area contributed by atoms with Crippen LogP contribution in [0.4, 0.5) is 8.78 Å². The van der Waals surface area contributed by atoms with Crippen molar-refractivity contribution in [2.75, 3.05) is 13.1 Å². The third-order valence-electron chi connectivity index (χ3n) is 4.34. The lowest BCUT2D eigenvalue weighted by atomic mass is 10.1. The maximum absolute atomic E-state index is 13.2. The molecule has 0 aliphatic rings. The Morgan fingerprint density at radius 2 is 1.69 bits per heavy atom. The Labute approximate surface area is 169 Å². The lowest BCUT2D eigenvalue weighted by molar-refractivity contribution is -0.121. The Balaban J connectivity index is 1.87. The summed E-state index contributed by atoms with van der Waals surface area (Å²) in [5, 5.41) is 12.4. The molecule has 0 saturated heterocycles. The standard InChI is InChI=1S/C20H24F2N2O4S/c1-12-8-13(2)20(14(3)9-12)29(27,28)24-7-6-19(26)23-11-18(25)15-4-5-16(21)17(22)10-15/h4-5,8-10,18,24-25H,6-7,11H2,1-3H3,(H,23,26). The molecular weight excluding hydrogens is 402 g/mol. The average Bonchev–Trinajstić information content (AvgIpc) is 2.60. The van der Waals surface area contributed by atoms with Crippen molar-refractivity contribution in [3.05, 3.63) is 64.2 Å². The highest BCUT2D eigenvalue weighted by atomic mass is 32.2. The number of aliphatic hydroxyl groups is 1. The minimum Gasteiger partial charge on any atom is -0.387 e. The van der Waals surface area contributed by atoms with Gasteiger partial charge >= 0.3 is 0 Å². The predicted molar refractivity (Wildman–Crippen MR) is 105 cm³/mol. The molecule has 0 aliphatic carbocycles. The predicted octanol–water partition coefficient (Wildman–Crippen LogP) is 2.41. The zero-order valence-corrected chi connectivity index (χ0v) is 17.2. The van der Waals surface area contributed by atoms with Gasteiger partial charge in [0.25, 0.3) is 0 Å². The number of benzene rings is 2. The Bertz CT molecular complexity index is 987. The van der Waals surface area contributed by atoms with Gasteiger partial charge in [0, 0.05) is 19.5 Å². The van der Waals surface area contributed by atoms with Gasteiger partial charge in [0.15, 0.2) is 11.6 Å². The van der Waals surface area contributed by atoms with E-state index in [0.717, 1.165) is 17.7 Å². The summed E-state index contributed by atoms with van der Waals surface area (Å²) < 4.78 is 53.6. The largest absolute Gasteiger partial charge is 0.387 e. The normalized spacial score (nSPS) is 12.6. The molecule has 0 heterocycles. The topological polar surface area (TPSA) is 95.5 Å². The van der Waals surface area contributed by atoms with Crippen LogP contribution in [0.15, 0.2) is 35.2 Å². The fraction of sp³-hybridized carbons (Fsp3) is 0.350. The van der Waals surface area contributed by atoms with E-state index in [1.165, 1.54) is 6.07 Å². The highest BCUT2D eigenvalue weighted by Crippen LogP contribution is 2.21. The molecule has 3 N–H and O–H groups in total. The number of carbonyl (C=O) groups excluding carboxylic acids is 1. The fourth-order valence-corrected chi connectivity index (χ4v) is 4.58. The molecule has 2 aromatic carbocycles. The van der Waals surface area contributed by atoms with E-state index in [1.807, 2.05) is 6.92 Å². The van der Waals surface area contributed by atoms with Crippen LogP contribution in [0.2, 0.25) is 0 Å². The summed E-state index contributed by atoms with van der Waals surface area (Å²) >= 11 is 0. The summed E-state index contributed by atoms with van der Waals surface area (Å²) in [6.07, 6.45) is -1.36. The second-order valence-electron chi connectivity index (χ2n) is 6.87. The van der Waals surface area contributed by atoms with E-state index in [9.17, 15) is 27.1 Å². The van der Waals surface area contributed by atoms with Crippen LogP contribution in [0.5, 0.6) is 0 Å². The second kappa shape index (κ2) is 9.43. The number of aryl methyl sites for hydroxylation is 3. The molecule has 0 aliphatic heterocycles. The molecule has 0 saturated carbocycles. The van der Waals surface area contributed by atoms with Gasteiger partial charge in [0.2, 0.25) is 15.9 Å². The minimum absolute atomic E-state index is 0.121.